The summed E-state index contributed by atoms with van der Waals surface area (Å²) in [6.45, 7) is 2.13. The van der Waals surface area contributed by atoms with Gasteiger partial charge in [0.25, 0.3) is 5.91 Å². The Bertz CT molecular complexity index is 545. The number of nitrogens with one attached hydrogen (secondary N) is 1. The second kappa shape index (κ2) is 5.89. The number of amides is 1. The summed E-state index contributed by atoms with van der Waals surface area (Å²) in [6, 6.07) is 1.77. The predicted octanol–water partition coefficient (Wildman–Crippen LogP) is 3.17. The van der Waals surface area contributed by atoms with Crippen LogP contribution in [-0.4, -0.2) is 29.9 Å². The van der Waals surface area contributed by atoms with Gasteiger partial charge in [-0.1, -0.05) is 19.3 Å². The Morgan fingerprint density at radius 3 is 2.76 bits per heavy atom. The Kier molecular flexibility index (Phi) is 4.13. The van der Waals surface area contributed by atoms with Crippen molar-refractivity contribution in [3.8, 4) is 0 Å². The molecule has 1 saturated heterocycles. The zero-order chi connectivity index (χ0) is 14.9. The number of carbonyl (C=O) groups excluding carboxylic acids is 2. The van der Waals surface area contributed by atoms with Gasteiger partial charge in [-0.05, 0) is 32.3 Å². The Hall–Kier alpha value is -1.20. The number of thiophene rings is 1. The zero-order valence-electron chi connectivity index (χ0n) is 12.3. The molecular weight excluding hydrogens is 286 g/mol. The van der Waals surface area contributed by atoms with Crippen LogP contribution in [0.15, 0.2) is 11.4 Å². The lowest BCUT2D eigenvalue weighted by molar-refractivity contribution is -0.0246. The van der Waals surface area contributed by atoms with Crippen LogP contribution in [0.4, 0.5) is 0 Å². The Morgan fingerprint density at radius 1 is 1.33 bits per heavy atom. The van der Waals surface area contributed by atoms with Crippen molar-refractivity contribution in [2.75, 3.05) is 6.61 Å². The summed E-state index contributed by atoms with van der Waals surface area (Å²) in [4.78, 5) is 24.2. The molecular formula is C16H21NO3S. The van der Waals surface area contributed by atoms with E-state index in [0.29, 0.717) is 17.0 Å². The number of hydrogen-bond donors (Lipinski definition) is 1. The van der Waals surface area contributed by atoms with Crippen molar-refractivity contribution in [3.63, 3.8) is 0 Å². The van der Waals surface area contributed by atoms with E-state index >= 15 is 0 Å². The maximum absolute atomic E-state index is 12.2. The van der Waals surface area contributed by atoms with Crippen LogP contribution in [0, 0.1) is 0 Å². The van der Waals surface area contributed by atoms with Crippen LogP contribution in [0.2, 0.25) is 0 Å². The van der Waals surface area contributed by atoms with Crippen molar-refractivity contribution in [2.45, 2.75) is 57.1 Å². The third kappa shape index (κ3) is 3.19. The molecule has 3 rings (SSSR count). The molecule has 0 bridgehead atoms. The van der Waals surface area contributed by atoms with E-state index in [1.165, 1.54) is 37.5 Å². The third-order valence-electron chi connectivity index (χ3n) is 4.52. The minimum absolute atomic E-state index is 0.00408. The maximum atomic E-state index is 12.2. The monoisotopic (exact) mass is 307 g/mol. The first-order valence-electron chi connectivity index (χ1n) is 7.62. The molecule has 21 heavy (non-hydrogen) atoms. The SMILES string of the molecule is CC(=O)c1cc(C(=O)N[C@H]2COC3(CCCCC3)C2)cs1. The molecule has 0 radical (unpaired) electrons. The van der Waals surface area contributed by atoms with Crippen LogP contribution in [0.5, 0.6) is 0 Å². The highest BCUT2D eigenvalue weighted by molar-refractivity contribution is 7.12. The molecule has 1 atom stereocenters. The summed E-state index contributed by atoms with van der Waals surface area (Å²) in [5.41, 5.74) is 0.588. The first kappa shape index (κ1) is 14.7. The summed E-state index contributed by atoms with van der Waals surface area (Å²) < 4.78 is 6.01. The van der Waals surface area contributed by atoms with Gasteiger partial charge in [0.15, 0.2) is 5.78 Å². The van der Waals surface area contributed by atoms with Crippen molar-refractivity contribution in [2.24, 2.45) is 0 Å². The van der Waals surface area contributed by atoms with Gasteiger partial charge in [0, 0.05) is 5.38 Å². The van der Waals surface area contributed by atoms with E-state index in [1.807, 2.05) is 0 Å². The molecule has 5 heteroatoms. The lowest BCUT2D eigenvalue weighted by atomic mass is 9.82. The summed E-state index contributed by atoms with van der Waals surface area (Å²) >= 11 is 1.32. The topological polar surface area (TPSA) is 55.4 Å². The number of hydrogen-bond acceptors (Lipinski definition) is 4. The van der Waals surface area contributed by atoms with Crippen LogP contribution < -0.4 is 5.32 Å². The minimum Gasteiger partial charge on any atom is -0.373 e. The van der Waals surface area contributed by atoms with E-state index < -0.39 is 0 Å². The van der Waals surface area contributed by atoms with Crippen LogP contribution >= 0.6 is 11.3 Å². The lowest BCUT2D eigenvalue weighted by Crippen LogP contribution is -2.37. The fourth-order valence-electron chi connectivity index (χ4n) is 3.39. The molecule has 4 nitrogen and oxygen atoms in total. The van der Waals surface area contributed by atoms with Crippen molar-refractivity contribution >= 4 is 23.0 Å². The van der Waals surface area contributed by atoms with Crippen molar-refractivity contribution in [1.82, 2.24) is 5.32 Å². The Morgan fingerprint density at radius 2 is 2.10 bits per heavy atom. The molecule has 1 amide bonds. The fraction of sp³-hybridized carbons (Fsp3) is 0.625. The molecule has 114 valence electrons. The highest BCUT2D eigenvalue weighted by atomic mass is 32.1. The van der Waals surface area contributed by atoms with Gasteiger partial charge >= 0.3 is 0 Å². The summed E-state index contributed by atoms with van der Waals surface area (Å²) in [5, 5.41) is 4.80. The van der Waals surface area contributed by atoms with E-state index in [-0.39, 0.29) is 23.3 Å². The standard InChI is InChI=1S/C16H21NO3S/c1-11(18)14-7-12(10-21-14)15(19)17-13-8-16(20-9-13)5-3-2-4-6-16/h7,10,13H,2-6,8-9H2,1H3,(H,17,19)/t13-/m1/s1. The van der Waals surface area contributed by atoms with Gasteiger partial charge in [-0.15, -0.1) is 11.3 Å². The van der Waals surface area contributed by atoms with Crippen LogP contribution in [-0.2, 0) is 4.74 Å². The highest BCUT2D eigenvalue weighted by Gasteiger charge is 2.41. The van der Waals surface area contributed by atoms with E-state index in [2.05, 4.69) is 5.32 Å². The molecule has 0 aromatic carbocycles. The average Bonchev–Trinajstić information content (AvgIpc) is 3.08. The number of rotatable bonds is 3. The number of ether oxygens (including phenoxy) is 1. The molecule has 1 N–H and O–H groups in total. The lowest BCUT2D eigenvalue weighted by Gasteiger charge is -2.32. The molecule has 1 saturated carbocycles. The number of ketones is 1. The van der Waals surface area contributed by atoms with Crippen LogP contribution in [0.25, 0.3) is 0 Å². The maximum Gasteiger partial charge on any atom is 0.252 e. The highest BCUT2D eigenvalue weighted by Crippen LogP contribution is 2.39. The predicted molar refractivity (Wildman–Crippen MR) is 82.0 cm³/mol. The van der Waals surface area contributed by atoms with Gasteiger partial charge in [-0.2, -0.15) is 0 Å². The summed E-state index contributed by atoms with van der Waals surface area (Å²) in [5.74, 6) is -0.0929. The smallest absolute Gasteiger partial charge is 0.252 e. The molecule has 1 aromatic heterocycles. The first-order chi connectivity index (χ1) is 10.1. The quantitative estimate of drug-likeness (QED) is 0.873. The molecule has 0 unspecified atom stereocenters. The largest absolute Gasteiger partial charge is 0.373 e. The van der Waals surface area contributed by atoms with Gasteiger partial charge in [0.1, 0.15) is 0 Å². The number of carbonyl (C=O) groups is 2. The molecule has 1 aliphatic heterocycles. The second-order valence-corrected chi connectivity index (χ2v) is 7.10. The fourth-order valence-corrected chi connectivity index (χ4v) is 4.18. The van der Waals surface area contributed by atoms with Crippen molar-refractivity contribution in [3.05, 3.63) is 21.9 Å². The average molecular weight is 307 g/mol. The third-order valence-corrected chi connectivity index (χ3v) is 5.55. The van der Waals surface area contributed by atoms with Gasteiger partial charge in [0.05, 0.1) is 28.7 Å². The van der Waals surface area contributed by atoms with Gasteiger partial charge < -0.3 is 10.1 Å². The van der Waals surface area contributed by atoms with Gasteiger partial charge in [-0.25, -0.2) is 0 Å². The Balaban J connectivity index is 1.59. The molecule has 2 aliphatic rings. The van der Waals surface area contributed by atoms with Crippen LogP contribution in [0.1, 0.15) is 65.5 Å². The van der Waals surface area contributed by atoms with E-state index in [1.54, 1.807) is 11.4 Å². The van der Waals surface area contributed by atoms with Crippen molar-refractivity contribution < 1.29 is 14.3 Å². The normalized spacial score (nSPS) is 24.1. The van der Waals surface area contributed by atoms with E-state index in [9.17, 15) is 9.59 Å². The molecule has 2 fully saturated rings. The minimum atomic E-state index is -0.0970. The molecule has 1 aromatic rings. The molecule has 1 aliphatic carbocycles. The first-order valence-corrected chi connectivity index (χ1v) is 8.50. The van der Waals surface area contributed by atoms with Crippen LogP contribution in [0.3, 0.4) is 0 Å². The van der Waals surface area contributed by atoms with E-state index in [0.717, 1.165) is 19.3 Å². The molecule has 1 spiro atoms. The number of Topliss-reactive ketones (excluding diaryl/α,β-unsaturated/α-hetero) is 1. The summed E-state index contributed by atoms with van der Waals surface area (Å²) in [7, 11) is 0. The van der Waals surface area contributed by atoms with Crippen molar-refractivity contribution in [1.29, 1.82) is 0 Å². The Labute approximate surface area is 128 Å². The van der Waals surface area contributed by atoms with E-state index in [4.69, 9.17) is 4.74 Å². The van der Waals surface area contributed by atoms with Gasteiger partial charge in [-0.3, -0.25) is 9.59 Å². The second-order valence-electron chi connectivity index (χ2n) is 6.19. The zero-order valence-corrected chi connectivity index (χ0v) is 13.1. The summed E-state index contributed by atoms with van der Waals surface area (Å²) in [6.07, 6.45) is 6.91. The van der Waals surface area contributed by atoms with Gasteiger partial charge in [0.2, 0.25) is 0 Å². The molecule has 2 heterocycles.